The number of aryl methyl sites for hydroxylation is 1. The number of aromatic nitrogens is 4. The molecular weight excluding hydrogens is 278 g/mol. The van der Waals surface area contributed by atoms with Crippen molar-refractivity contribution < 1.29 is 4.74 Å². The first-order valence-electron chi connectivity index (χ1n) is 7.36. The van der Waals surface area contributed by atoms with Crippen molar-refractivity contribution in [2.45, 2.75) is 19.8 Å². The number of ether oxygens (including phenoxy) is 1. The molecule has 0 unspecified atom stereocenters. The maximum absolute atomic E-state index is 5.25. The van der Waals surface area contributed by atoms with Crippen LogP contribution in [0.2, 0.25) is 0 Å². The SMILES string of the molecule is CCc1cc(NCCc2cccc(OC)c2)n2ncnc2n1. The van der Waals surface area contributed by atoms with Crippen LogP contribution in [0.4, 0.5) is 5.82 Å². The van der Waals surface area contributed by atoms with Crippen molar-refractivity contribution in [3.63, 3.8) is 0 Å². The molecular formula is C16H19N5O. The van der Waals surface area contributed by atoms with E-state index in [-0.39, 0.29) is 0 Å². The standard InChI is InChI=1S/C16H19N5O/c1-3-13-10-15(21-16(20-13)18-11-19-21)17-8-7-12-5-4-6-14(9-12)22-2/h4-6,9-11,17H,3,7-8H2,1-2H3. The smallest absolute Gasteiger partial charge is 0.254 e. The Labute approximate surface area is 129 Å². The summed E-state index contributed by atoms with van der Waals surface area (Å²) in [6, 6.07) is 10.1. The van der Waals surface area contributed by atoms with Crippen LogP contribution in [-0.4, -0.2) is 33.2 Å². The number of methoxy groups -OCH3 is 1. The lowest BCUT2D eigenvalue weighted by molar-refractivity contribution is 0.414. The zero-order valence-electron chi connectivity index (χ0n) is 12.8. The van der Waals surface area contributed by atoms with Crippen LogP contribution in [0.3, 0.4) is 0 Å². The Morgan fingerprint density at radius 2 is 2.18 bits per heavy atom. The van der Waals surface area contributed by atoms with E-state index in [1.165, 1.54) is 11.9 Å². The van der Waals surface area contributed by atoms with Gasteiger partial charge >= 0.3 is 0 Å². The van der Waals surface area contributed by atoms with Crippen LogP contribution >= 0.6 is 0 Å². The van der Waals surface area contributed by atoms with E-state index in [1.54, 1.807) is 11.6 Å². The maximum Gasteiger partial charge on any atom is 0.254 e. The van der Waals surface area contributed by atoms with Crippen LogP contribution in [0.25, 0.3) is 5.78 Å². The molecule has 114 valence electrons. The topological polar surface area (TPSA) is 64.3 Å². The van der Waals surface area contributed by atoms with Crippen LogP contribution < -0.4 is 10.1 Å². The molecule has 0 spiro atoms. The van der Waals surface area contributed by atoms with Gasteiger partial charge in [0.25, 0.3) is 5.78 Å². The number of anilines is 1. The number of nitrogens with one attached hydrogen (secondary N) is 1. The molecule has 0 aliphatic rings. The molecule has 0 aliphatic heterocycles. The highest BCUT2D eigenvalue weighted by molar-refractivity contribution is 5.45. The first-order chi connectivity index (χ1) is 10.8. The second-order valence-corrected chi connectivity index (χ2v) is 4.99. The summed E-state index contributed by atoms with van der Waals surface area (Å²) in [7, 11) is 1.68. The molecule has 0 aliphatic carbocycles. The normalized spacial score (nSPS) is 10.8. The van der Waals surface area contributed by atoms with E-state index >= 15 is 0 Å². The van der Waals surface area contributed by atoms with Gasteiger partial charge in [-0.05, 0) is 30.5 Å². The Hall–Kier alpha value is -2.63. The van der Waals surface area contributed by atoms with E-state index in [2.05, 4.69) is 39.4 Å². The molecule has 0 saturated heterocycles. The van der Waals surface area contributed by atoms with Gasteiger partial charge in [0.1, 0.15) is 17.9 Å². The lowest BCUT2D eigenvalue weighted by atomic mass is 10.1. The first kappa shape index (κ1) is 14.3. The molecule has 2 heterocycles. The quantitative estimate of drug-likeness (QED) is 0.756. The molecule has 0 radical (unpaired) electrons. The summed E-state index contributed by atoms with van der Waals surface area (Å²) in [4.78, 5) is 8.60. The van der Waals surface area contributed by atoms with Gasteiger partial charge in [-0.3, -0.25) is 0 Å². The van der Waals surface area contributed by atoms with Crippen molar-refractivity contribution in [3.8, 4) is 5.75 Å². The van der Waals surface area contributed by atoms with E-state index in [9.17, 15) is 0 Å². The van der Waals surface area contributed by atoms with Crippen molar-refractivity contribution in [3.05, 3.63) is 47.9 Å². The van der Waals surface area contributed by atoms with E-state index in [4.69, 9.17) is 4.74 Å². The fourth-order valence-corrected chi connectivity index (χ4v) is 2.33. The summed E-state index contributed by atoms with van der Waals surface area (Å²) in [5, 5.41) is 7.62. The van der Waals surface area contributed by atoms with Gasteiger partial charge in [-0.25, -0.2) is 4.98 Å². The van der Waals surface area contributed by atoms with Crippen LogP contribution in [0, 0.1) is 0 Å². The monoisotopic (exact) mass is 297 g/mol. The van der Waals surface area contributed by atoms with Crippen molar-refractivity contribution in [1.82, 2.24) is 19.6 Å². The average molecular weight is 297 g/mol. The molecule has 0 fully saturated rings. The molecule has 0 amide bonds. The molecule has 6 heteroatoms. The van der Waals surface area contributed by atoms with Crippen molar-refractivity contribution in [1.29, 1.82) is 0 Å². The number of fused-ring (bicyclic) bond motifs is 1. The fourth-order valence-electron chi connectivity index (χ4n) is 2.33. The van der Waals surface area contributed by atoms with Gasteiger partial charge < -0.3 is 10.1 Å². The Morgan fingerprint density at radius 1 is 1.27 bits per heavy atom. The number of rotatable bonds is 6. The van der Waals surface area contributed by atoms with Crippen LogP contribution in [0.5, 0.6) is 5.75 Å². The lowest BCUT2D eigenvalue weighted by Gasteiger charge is -2.10. The van der Waals surface area contributed by atoms with Crippen LogP contribution in [0.15, 0.2) is 36.7 Å². The van der Waals surface area contributed by atoms with E-state index in [1.807, 2.05) is 18.2 Å². The Balaban J connectivity index is 1.72. The highest BCUT2D eigenvalue weighted by Gasteiger charge is 2.06. The van der Waals surface area contributed by atoms with Gasteiger partial charge in [-0.15, -0.1) is 0 Å². The fraction of sp³-hybridized carbons (Fsp3) is 0.312. The second-order valence-electron chi connectivity index (χ2n) is 4.99. The van der Waals surface area contributed by atoms with Gasteiger partial charge in [0.2, 0.25) is 0 Å². The summed E-state index contributed by atoms with van der Waals surface area (Å²) in [6.45, 7) is 2.88. The second kappa shape index (κ2) is 6.43. The minimum Gasteiger partial charge on any atom is -0.497 e. The largest absolute Gasteiger partial charge is 0.497 e. The zero-order valence-corrected chi connectivity index (χ0v) is 12.8. The van der Waals surface area contributed by atoms with Crippen molar-refractivity contribution in [2.24, 2.45) is 0 Å². The van der Waals surface area contributed by atoms with Gasteiger partial charge in [0.15, 0.2) is 0 Å². The van der Waals surface area contributed by atoms with Gasteiger partial charge in [0.05, 0.1) is 7.11 Å². The van der Waals surface area contributed by atoms with E-state index in [0.717, 1.165) is 36.6 Å². The van der Waals surface area contributed by atoms with Crippen molar-refractivity contribution in [2.75, 3.05) is 19.0 Å². The number of hydrogen-bond acceptors (Lipinski definition) is 5. The van der Waals surface area contributed by atoms with Gasteiger partial charge in [0, 0.05) is 18.3 Å². The van der Waals surface area contributed by atoms with Crippen LogP contribution in [-0.2, 0) is 12.8 Å². The molecule has 3 aromatic rings. The summed E-state index contributed by atoms with van der Waals surface area (Å²) in [5.74, 6) is 2.43. The summed E-state index contributed by atoms with van der Waals surface area (Å²) in [5.41, 5.74) is 2.23. The first-order valence-corrected chi connectivity index (χ1v) is 7.36. The van der Waals surface area contributed by atoms with E-state index < -0.39 is 0 Å². The Morgan fingerprint density at radius 3 is 3.00 bits per heavy atom. The minimum absolute atomic E-state index is 0.628. The third-order valence-corrected chi connectivity index (χ3v) is 3.52. The van der Waals surface area contributed by atoms with E-state index in [0.29, 0.717) is 5.78 Å². The predicted molar refractivity (Wildman–Crippen MR) is 85.3 cm³/mol. The zero-order chi connectivity index (χ0) is 15.4. The molecule has 0 bridgehead atoms. The molecule has 0 saturated carbocycles. The Kier molecular flexibility index (Phi) is 4.18. The molecule has 6 nitrogen and oxygen atoms in total. The Bertz CT molecular complexity index is 768. The van der Waals surface area contributed by atoms with Gasteiger partial charge in [-0.2, -0.15) is 14.6 Å². The molecule has 2 aromatic heterocycles. The summed E-state index contributed by atoms with van der Waals surface area (Å²) in [6.07, 6.45) is 3.29. The molecule has 22 heavy (non-hydrogen) atoms. The third kappa shape index (κ3) is 3.00. The minimum atomic E-state index is 0.628. The number of nitrogens with zero attached hydrogens (tertiary/aromatic N) is 4. The average Bonchev–Trinajstić information content (AvgIpc) is 3.03. The third-order valence-electron chi connectivity index (χ3n) is 3.52. The van der Waals surface area contributed by atoms with Gasteiger partial charge in [-0.1, -0.05) is 19.1 Å². The molecule has 1 N–H and O–H groups in total. The van der Waals surface area contributed by atoms with Crippen molar-refractivity contribution >= 4 is 11.6 Å². The highest BCUT2D eigenvalue weighted by atomic mass is 16.5. The lowest BCUT2D eigenvalue weighted by Crippen LogP contribution is -2.10. The molecule has 0 atom stereocenters. The molecule has 1 aromatic carbocycles. The maximum atomic E-state index is 5.25. The van der Waals surface area contributed by atoms with Crippen LogP contribution in [0.1, 0.15) is 18.2 Å². The number of benzene rings is 1. The summed E-state index contributed by atoms with van der Waals surface area (Å²) < 4.78 is 6.97. The highest BCUT2D eigenvalue weighted by Crippen LogP contribution is 2.14. The summed E-state index contributed by atoms with van der Waals surface area (Å²) >= 11 is 0. The molecule has 3 rings (SSSR count). The predicted octanol–water partition coefficient (Wildman–Crippen LogP) is 2.35. The number of hydrogen-bond donors (Lipinski definition) is 1.